The van der Waals surface area contributed by atoms with E-state index in [0.29, 0.717) is 0 Å². The molecule has 1 aromatic carbocycles. The van der Waals surface area contributed by atoms with Crippen LogP contribution in [0, 0.1) is 0 Å². The fourth-order valence-electron chi connectivity index (χ4n) is 1.81. The number of carbonyl (C=O) groups excluding carboxylic acids is 1. The number of benzene rings is 1. The van der Waals surface area contributed by atoms with Crippen molar-refractivity contribution in [2.24, 2.45) is 0 Å². The molecular formula is C14H21NO. The van der Waals surface area contributed by atoms with E-state index < -0.39 is 0 Å². The molecule has 1 N–H and O–H groups in total. The van der Waals surface area contributed by atoms with Gasteiger partial charge in [0.2, 0.25) is 5.91 Å². The monoisotopic (exact) mass is 219 g/mol. The molecule has 1 rings (SSSR count). The van der Waals surface area contributed by atoms with Crippen molar-refractivity contribution < 1.29 is 4.79 Å². The van der Waals surface area contributed by atoms with Gasteiger partial charge in [-0.15, -0.1) is 0 Å². The van der Waals surface area contributed by atoms with E-state index in [1.807, 2.05) is 18.2 Å². The molecule has 0 heterocycles. The molecule has 0 aliphatic carbocycles. The molecule has 16 heavy (non-hydrogen) atoms. The molecule has 1 aromatic rings. The van der Waals surface area contributed by atoms with Crippen molar-refractivity contribution in [2.75, 3.05) is 0 Å². The Bertz CT molecular complexity index is 366. The van der Waals surface area contributed by atoms with Crippen molar-refractivity contribution in [1.82, 2.24) is 5.32 Å². The zero-order chi connectivity index (χ0) is 12.4. The van der Waals surface area contributed by atoms with Crippen molar-refractivity contribution in [3.63, 3.8) is 0 Å². The third-order valence-corrected chi connectivity index (χ3v) is 3.55. The fraction of sp³-hybridized carbons (Fsp3) is 0.500. The highest BCUT2D eigenvalue weighted by atomic mass is 16.1. The van der Waals surface area contributed by atoms with Crippen LogP contribution in [0.3, 0.4) is 0 Å². The van der Waals surface area contributed by atoms with Gasteiger partial charge in [0, 0.05) is 17.9 Å². The lowest BCUT2D eigenvalue weighted by Gasteiger charge is -2.42. The number of hydrogen-bond acceptors (Lipinski definition) is 1. The lowest BCUT2D eigenvalue weighted by molar-refractivity contribution is -0.121. The molecule has 0 spiro atoms. The fourth-order valence-corrected chi connectivity index (χ4v) is 1.81. The van der Waals surface area contributed by atoms with E-state index in [-0.39, 0.29) is 16.9 Å². The molecule has 88 valence electrons. The van der Waals surface area contributed by atoms with E-state index in [1.165, 1.54) is 5.56 Å². The summed E-state index contributed by atoms with van der Waals surface area (Å²) in [5.41, 5.74) is 0.842. The van der Waals surface area contributed by atoms with Gasteiger partial charge in [0.25, 0.3) is 0 Å². The maximum absolute atomic E-state index is 11.2. The van der Waals surface area contributed by atoms with Gasteiger partial charge in [-0.2, -0.15) is 0 Å². The average molecular weight is 219 g/mol. The predicted octanol–water partition coefficient (Wildman–Crippen LogP) is 2.88. The molecule has 0 saturated carbocycles. The minimum absolute atomic E-state index is 0.00834. The molecular weight excluding hydrogens is 198 g/mol. The van der Waals surface area contributed by atoms with Crippen LogP contribution in [0.15, 0.2) is 30.3 Å². The molecule has 0 aliphatic rings. The zero-order valence-corrected chi connectivity index (χ0v) is 10.8. The van der Waals surface area contributed by atoms with Crippen LogP contribution in [0.1, 0.15) is 40.2 Å². The van der Waals surface area contributed by atoms with Crippen LogP contribution in [-0.2, 0) is 10.2 Å². The van der Waals surface area contributed by atoms with Crippen LogP contribution in [-0.4, -0.2) is 11.4 Å². The zero-order valence-electron chi connectivity index (χ0n) is 10.8. The summed E-state index contributed by atoms with van der Waals surface area (Å²) in [6, 6.07) is 10.3. The number of hydrogen-bond donors (Lipinski definition) is 1. The van der Waals surface area contributed by atoms with E-state index in [9.17, 15) is 4.79 Å². The highest BCUT2D eigenvalue weighted by molar-refractivity contribution is 5.74. The highest BCUT2D eigenvalue weighted by Crippen LogP contribution is 2.34. The van der Waals surface area contributed by atoms with Crippen molar-refractivity contribution in [2.45, 2.75) is 45.6 Å². The van der Waals surface area contributed by atoms with Crippen LogP contribution in [0.5, 0.6) is 0 Å². The standard InChI is InChI=1S/C14H21NO/c1-11(16)15-14(4,5)13(2,3)12-9-7-6-8-10-12/h6-10H,1-5H3,(H,15,16). The molecule has 0 aromatic heterocycles. The molecule has 0 radical (unpaired) electrons. The number of carbonyl (C=O) groups is 1. The molecule has 0 fully saturated rings. The smallest absolute Gasteiger partial charge is 0.217 e. The van der Waals surface area contributed by atoms with Crippen molar-refractivity contribution in [1.29, 1.82) is 0 Å². The molecule has 0 bridgehead atoms. The van der Waals surface area contributed by atoms with Crippen LogP contribution < -0.4 is 5.32 Å². The molecule has 0 unspecified atom stereocenters. The van der Waals surface area contributed by atoms with Crippen molar-refractivity contribution >= 4 is 5.91 Å². The maximum atomic E-state index is 11.2. The van der Waals surface area contributed by atoms with Gasteiger partial charge in [0.1, 0.15) is 0 Å². The first kappa shape index (κ1) is 12.8. The third kappa shape index (κ3) is 2.43. The summed E-state index contributed by atoms with van der Waals surface area (Å²) in [6.07, 6.45) is 0. The first-order chi connectivity index (χ1) is 7.27. The normalized spacial score (nSPS) is 12.3. The molecule has 0 saturated heterocycles. The number of amides is 1. The second-order valence-corrected chi connectivity index (χ2v) is 5.30. The van der Waals surface area contributed by atoms with E-state index in [2.05, 4.69) is 45.1 Å². The van der Waals surface area contributed by atoms with E-state index in [1.54, 1.807) is 6.92 Å². The van der Waals surface area contributed by atoms with Crippen molar-refractivity contribution in [3.05, 3.63) is 35.9 Å². The summed E-state index contributed by atoms with van der Waals surface area (Å²) in [4.78, 5) is 11.2. The van der Waals surface area contributed by atoms with Gasteiger partial charge in [-0.05, 0) is 19.4 Å². The lowest BCUT2D eigenvalue weighted by atomic mass is 9.69. The van der Waals surface area contributed by atoms with Crippen LogP contribution >= 0.6 is 0 Å². The highest BCUT2D eigenvalue weighted by Gasteiger charge is 2.38. The molecule has 0 atom stereocenters. The summed E-state index contributed by atoms with van der Waals surface area (Å²) < 4.78 is 0. The Labute approximate surface area is 98.1 Å². The van der Waals surface area contributed by atoms with Gasteiger partial charge in [0.15, 0.2) is 0 Å². The predicted molar refractivity (Wildman–Crippen MR) is 67.4 cm³/mol. The Morgan fingerprint density at radius 3 is 2.00 bits per heavy atom. The van der Waals surface area contributed by atoms with Crippen molar-refractivity contribution in [3.8, 4) is 0 Å². The van der Waals surface area contributed by atoms with Crippen LogP contribution in [0.4, 0.5) is 0 Å². The summed E-state index contributed by atoms with van der Waals surface area (Å²) in [5.74, 6) is 0.00834. The van der Waals surface area contributed by atoms with E-state index >= 15 is 0 Å². The van der Waals surface area contributed by atoms with Gasteiger partial charge >= 0.3 is 0 Å². The quantitative estimate of drug-likeness (QED) is 0.832. The summed E-state index contributed by atoms with van der Waals surface area (Å²) in [7, 11) is 0. The summed E-state index contributed by atoms with van der Waals surface area (Å²) in [6.45, 7) is 9.97. The van der Waals surface area contributed by atoms with Gasteiger partial charge in [-0.1, -0.05) is 44.2 Å². The molecule has 2 heteroatoms. The van der Waals surface area contributed by atoms with Gasteiger partial charge in [-0.3, -0.25) is 4.79 Å². The molecule has 0 aliphatic heterocycles. The first-order valence-corrected chi connectivity index (χ1v) is 5.61. The molecule has 1 amide bonds. The Hall–Kier alpha value is -1.31. The Morgan fingerprint density at radius 1 is 1.06 bits per heavy atom. The minimum Gasteiger partial charge on any atom is -0.351 e. The van der Waals surface area contributed by atoms with E-state index in [4.69, 9.17) is 0 Å². The number of nitrogens with one attached hydrogen (secondary N) is 1. The minimum atomic E-state index is -0.278. The van der Waals surface area contributed by atoms with E-state index in [0.717, 1.165) is 0 Å². The molecule has 2 nitrogen and oxygen atoms in total. The van der Waals surface area contributed by atoms with Gasteiger partial charge in [-0.25, -0.2) is 0 Å². The van der Waals surface area contributed by atoms with Gasteiger partial charge < -0.3 is 5.32 Å². The third-order valence-electron chi connectivity index (χ3n) is 3.55. The average Bonchev–Trinajstić information content (AvgIpc) is 2.17. The van der Waals surface area contributed by atoms with Crippen LogP contribution in [0.2, 0.25) is 0 Å². The largest absolute Gasteiger partial charge is 0.351 e. The van der Waals surface area contributed by atoms with Crippen LogP contribution in [0.25, 0.3) is 0 Å². The first-order valence-electron chi connectivity index (χ1n) is 5.61. The second-order valence-electron chi connectivity index (χ2n) is 5.30. The van der Waals surface area contributed by atoms with Gasteiger partial charge in [0.05, 0.1) is 0 Å². The maximum Gasteiger partial charge on any atom is 0.217 e. The summed E-state index contributed by atoms with van der Waals surface area (Å²) >= 11 is 0. The Kier molecular flexibility index (Phi) is 3.41. The lowest BCUT2D eigenvalue weighted by Crippen LogP contribution is -2.55. The Balaban J connectivity index is 3.05. The number of rotatable bonds is 3. The second kappa shape index (κ2) is 4.28. The summed E-state index contributed by atoms with van der Waals surface area (Å²) in [5, 5.41) is 3.02. The topological polar surface area (TPSA) is 29.1 Å². The Morgan fingerprint density at radius 2 is 1.56 bits per heavy atom. The SMILES string of the molecule is CC(=O)NC(C)(C)C(C)(C)c1ccccc1.